The topological polar surface area (TPSA) is 29.1 Å². The molecule has 1 saturated carbocycles. The highest BCUT2D eigenvalue weighted by Crippen LogP contribution is 2.31. The lowest BCUT2D eigenvalue weighted by atomic mass is 9.96. The van der Waals surface area contributed by atoms with Crippen LogP contribution in [0.4, 0.5) is 0 Å². The average molecular weight is 183 g/mol. The predicted octanol–water partition coefficient (Wildman–Crippen LogP) is 2.34. The van der Waals surface area contributed by atoms with Gasteiger partial charge in [0.15, 0.2) is 0 Å². The van der Waals surface area contributed by atoms with Crippen LogP contribution in [0.1, 0.15) is 47.0 Å². The molecule has 0 aromatic carbocycles. The van der Waals surface area contributed by atoms with Gasteiger partial charge in [-0.3, -0.25) is 4.79 Å². The molecule has 1 aliphatic rings. The van der Waals surface area contributed by atoms with E-state index in [0.717, 1.165) is 6.42 Å². The van der Waals surface area contributed by atoms with Crippen LogP contribution < -0.4 is 5.32 Å². The maximum atomic E-state index is 11.8. The number of carbonyl (C=O) groups excluding carboxylic acids is 1. The summed E-state index contributed by atoms with van der Waals surface area (Å²) in [5, 5.41) is 3.05. The first-order chi connectivity index (χ1) is 5.90. The minimum Gasteiger partial charge on any atom is -0.351 e. The summed E-state index contributed by atoms with van der Waals surface area (Å²) in [6.45, 7) is 8.28. The van der Waals surface area contributed by atoms with Crippen LogP contribution >= 0.6 is 0 Å². The Morgan fingerprint density at radius 3 is 2.31 bits per heavy atom. The maximum absolute atomic E-state index is 11.8. The second kappa shape index (κ2) is 3.69. The van der Waals surface area contributed by atoms with Crippen LogP contribution in [0.5, 0.6) is 0 Å². The van der Waals surface area contributed by atoms with Crippen molar-refractivity contribution < 1.29 is 4.79 Å². The van der Waals surface area contributed by atoms with Crippen LogP contribution in [0.15, 0.2) is 0 Å². The molecule has 0 spiro atoms. The number of amides is 1. The fourth-order valence-electron chi connectivity index (χ4n) is 2.00. The van der Waals surface area contributed by atoms with E-state index in [1.807, 2.05) is 20.8 Å². The molecule has 1 fully saturated rings. The van der Waals surface area contributed by atoms with Gasteiger partial charge in [-0.25, -0.2) is 0 Å². The normalized spacial score (nSPS) is 28.9. The lowest BCUT2D eigenvalue weighted by Crippen LogP contribution is -2.44. The minimum atomic E-state index is -0.0839. The van der Waals surface area contributed by atoms with Crippen molar-refractivity contribution in [3.8, 4) is 0 Å². The highest BCUT2D eigenvalue weighted by atomic mass is 16.2. The van der Waals surface area contributed by atoms with E-state index in [4.69, 9.17) is 0 Å². The fraction of sp³-hybridized carbons (Fsp3) is 0.909. The Balaban J connectivity index is 2.48. The van der Waals surface area contributed by atoms with Gasteiger partial charge in [0.25, 0.3) is 0 Å². The van der Waals surface area contributed by atoms with Crippen LogP contribution in [0.2, 0.25) is 0 Å². The van der Waals surface area contributed by atoms with Gasteiger partial charge in [0.2, 0.25) is 5.91 Å². The van der Waals surface area contributed by atoms with Gasteiger partial charge < -0.3 is 5.32 Å². The summed E-state index contributed by atoms with van der Waals surface area (Å²) in [6.07, 6.45) is 3.49. The molecule has 1 amide bonds. The van der Waals surface area contributed by atoms with Crippen LogP contribution in [-0.4, -0.2) is 11.4 Å². The molecule has 0 bridgehead atoms. The zero-order chi connectivity index (χ0) is 10.1. The molecule has 13 heavy (non-hydrogen) atoms. The summed E-state index contributed by atoms with van der Waals surface area (Å²) in [6, 6.07) is 0. The van der Waals surface area contributed by atoms with Gasteiger partial charge in [-0.2, -0.15) is 0 Å². The monoisotopic (exact) mass is 183 g/mol. The molecular formula is C11H21NO. The first-order valence-corrected chi connectivity index (χ1v) is 5.22. The van der Waals surface area contributed by atoms with Crippen molar-refractivity contribution in [1.82, 2.24) is 5.32 Å². The lowest BCUT2D eigenvalue weighted by Gasteiger charge is -2.24. The molecule has 0 aliphatic heterocycles. The molecule has 0 aromatic heterocycles. The van der Waals surface area contributed by atoms with E-state index in [0.29, 0.717) is 5.92 Å². The van der Waals surface area contributed by atoms with E-state index in [2.05, 4.69) is 12.2 Å². The Hall–Kier alpha value is -0.530. The summed E-state index contributed by atoms with van der Waals surface area (Å²) in [4.78, 5) is 11.8. The van der Waals surface area contributed by atoms with Gasteiger partial charge in [0.1, 0.15) is 0 Å². The third-order valence-corrected chi connectivity index (χ3v) is 2.70. The number of carbonyl (C=O) groups is 1. The van der Waals surface area contributed by atoms with Crippen molar-refractivity contribution >= 4 is 5.91 Å². The molecule has 2 nitrogen and oxygen atoms in total. The SMILES string of the molecule is C[C@@H]1CCC[C@@H]1C(=O)NC(C)(C)C. The van der Waals surface area contributed by atoms with E-state index in [1.165, 1.54) is 12.8 Å². The van der Waals surface area contributed by atoms with E-state index < -0.39 is 0 Å². The molecule has 2 atom stereocenters. The Morgan fingerprint density at radius 1 is 1.31 bits per heavy atom. The van der Waals surface area contributed by atoms with E-state index in [1.54, 1.807) is 0 Å². The summed E-state index contributed by atoms with van der Waals surface area (Å²) < 4.78 is 0. The summed E-state index contributed by atoms with van der Waals surface area (Å²) in [7, 11) is 0. The first-order valence-electron chi connectivity index (χ1n) is 5.22. The third-order valence-electron chi connectivity index (χ3n) is 2.70. The van der Waals surface area contributed by atoms with E-state index in [-0.39, 0.29) is 17.4 Å². The summed E-state index contributed by atoms with van der Waals surface area (Å²) in [5.74, 6) is 1.08. The zero-order valence-corrected chi connectivity index (χ0v) is 9.18. The summed E-state index contributed by atoms with van der Waals surface area (Å²) >= 11 is 0. The molecule has 0 aromatic rings. The fourth-order valence-corrected chi connectivity index (χ4v) is 2.00. The molecule has 1 aliphatic carbocycles. The van der Waals surface area contributed by atoms with Crippen molar-refractivity contribution in [1.29, 1.82) is 0 Å². The van der Waals surface area contributed by atoms with E-state index in [9.17, 15) is 4.79 Å². The zero-order valence-electron chi connectivity index (χ0n) is 9.18. The van der Waals surface area contributed by atoms with Crippen molar-refractivity contribution in [3.05, 3.63) is 0 Å². The van der Waals surface area contributed by atoms with Gasteiger partial charge in [0, 0.05) is 11.5 Å². The molecule has 0 saturated heterocycles. The lowest BCUT2D eigenvalue weighted by molar-refractivity contribution is -0.127. The van der Waals surface area contributed by atoms with Gasteiger partial charge in [-0.05, 0) is 39.5 Å². The Labute approximate surface area is 81.1 Å². The second-order valence-corrected chi connectivity index (χ2v) is 5.25. The Morgan fingerprint density at radius 2 is 1.92 bits per heavy atom. The van der Waals surface area contributed by atoms with Crippen molar-refractivity contribution in [3.63, 3.8) is 0 Å². The largest absolute Gasteiger partial charge is 0.351 e. The number of rotatable bonds is 1. The van der Waals surface area contributed by atoms with Crippen LogP contribution in [0, 0.1) is 11.8 Å². The average Bonchev–Trinajstić information content (AvgIpc) is 2.30. The molecular weight excluding hydrogens is 162 g/mol. The molecule has 0 unspecified atom stereocenters. The van der Waals surface area contributed by atoms with Crippen molar-refractivity contribution in [2.75, 3.05) is 0 Å². The molecule has 0 radical (unpaired) electrons. The molecule has 76 valence electrons. The highest BCUT2D eigenvalue weighted by molar-refractivity contribution is 5.79. The quantitative estimate of drug-likeness (QED) is 0.664. The summed E-state index contributed by atoms with van der Waals surface area (Å²) in [5.41, 5.74) is -0.0839. The minimum absolute atomic E-state index is 0.0839. The van der Waals surface area contributed by atoms with Crippen molar-refractivity contribution in [2.45, 2.75) is 52.5 Å². The predicted molar refractivity (Wildman–Crippen MR) is 54.4 cm³/mol. The van der Waals surface area contributed by atoms with Gasteiger partial charge in [-0.1, -0.05) is 13.3 Å². The Kier molecular flexibility index (Phi) is 2.99. The number of hydrogen-bond donors (Lipinski definition) is 1. The third kappa shape index (κ3) is 3.02. The van der Waals surface area contributed by atoms with Crippen LogP contribution in [-0.2, 0) is 4.79 Å². The molecule has 1 rings (SSSR count). The maximum Gasteiger partial charge on any atom is 0.223 e. The second-order valence-electron chi connectivity index (χ2n) is 5.25. The number of hydrogen-bond acceptors (Lipinski definition) is 1. The van der Waals surface area contributed by atoms with Gasteiger partial charge in [-0.15, -0.1) is 0 Å². The smallest absolute Gasteiger partial charge is 0.223 e. The standard InChI is InChI=1S/C11H21NO/c1-8-6-5-7-9(8)10(13)12-11(2,3)4/h8-9H,5-7H2,1-4H3,(H,12,13)/t8-,9+/m1/s1. The van der Waals surface area contributed by atoms with Crippen LogP contribution in [0.25, 0.3) is 0 Å². The van der Waals surface area contributed by atoms with Gasteiger partial charge in [0.05, 0.1) is 0 Å². The molecule has 2 heteroatoms. The van der Waals surface area contributed by atoms with Gasteiger partial charge >= 0.3 is 0 Å². The molecule has 0 heterocycles. The highest BCUT2D eigenvalue weighted by Gasteiger charge is 2.31. The van der Waals surface area contributed by atoms with Crippen molar-refractivity contribution in [2.24, 2.45) is 11.8 Å². The Bertz CT molecular complexity index is 193. The number of nitrogens with one attached hydrogen (secondary N) is 1. The molecule has 1 N–H and O–H groups in total. The first kappa shape index (κ1) is 10.6. The van der Waals surface area contributed by atoms with Crippen LogP contribution in [0.3, 0.4) is 0 Å². The van der Waals surface area contributed by atoms with E-state index >= 15 is 0 Å².